The summed E-state index contributed by atoms with van der Waals surface area (Å²) in [7, 11) is 0. The van der Waals surface area contributed by atoms with Gasteiger partial charge < -0.3 is 5.73 Å². The summed E-state index contributed by atoms with van der Waals surface area (Å²) in [5.41, 5.74) is 7.28. The second kappa shape index (κ2) is 5.80. The number of hydrogen-bond acceptors (Lipinski definition) is 3. The Labute approximate surface area is 110 Å². The minimum atomic E-state index is 0. The predicted octanol–water partition coefficient (Wildman–Crippen LogP) is 2.24. The molecule has 0 saturated carbocycles. The molecule has 0 bridgehead atoms. The summed E-state index contributed by atoms with van der Waals surface area (Å²) >= 11 is 0. The Kier molecular flexibility index (Phi) is 4.92. The molecule has 2 unspecified atom stereocenters. The summed E-state index contributed by atoms with van der Waals surface area (Å²) in [5, 5.41) is 0. The largest absolute Gasteiger partial charge is 0.330 e. The lowest BCUT2D eigenvalue weighted by atomic mass is 9.90. The number of halogens is 1. The Bertz CT molecular complexity index is 344. The molecule has 17 heavy (non-hydrogen) atoms. The normalized spacial score (nSPS) is 26.5. The molecule has 1 aliphatic rings. The number of likely N-dealkylation sites (tertiary alicyclic amines) is 1. The third kappa shape index (κ3) is 3.18. The van der Waals surface area contributed by atoms with Crippen molar-refractivity contribution in [1.29, 1.82) is 0 Å². The maximum atomic E-state index is 5.83. The molecule has 0 aromatic carbocycles. The van der Waals surface area contributed by atoms with Gasteiger partial charge in [0.1, 0.15) is 0 Å². The molecule has 96 valence electrons. The molecule has 2 rings (SSSR count). The van der Waals surface area contributed by atoms with Gasteiger partial charge in [-0.05, 0) is 44.0 Å². The molecule has 4 heteroatoms. The quantitative estimate of drug-likeness (QED) is 0.901. The van der Waals surface area contributed by atoms with Gasteiger partial charge in [-0.3, -0.25) is 9.88 Å². The monoisotopic (exact) mass is 255 g/mol. The van der Waals surface area contributed by atoms with Crippen molar-refractivity contribution in [2.45, 2.75) is 26.3 Å². The Morgan fingerprint density at radius 3 is 2.82 bits per heavy atom. The van der Waals surface area contributed by atoms with Crippen molar-refractivity contribution in [2.75, 3.05) is 19.6 Å². The van der Waals surface area contributed by atoms with Crippen LogP contribution in [0.5, 0.6) is 0 Å². The summed E-state index contributed by atoms with van der Waals surface area (Å²) in [6.45, 7) is 7.49. The molecule has 1 fully saturated rings. The smallest absolute Gasteiger partial charge is 0.0572 e. The Morgan fingerprint density at radius 2 is 2.29 bits per heavy atom. The molecule has 1 aromatic heterocycles. The van der Waals surface area contributed by atoms with Gasteiger partial charge in [0, 0.05) is 18.8 Å². The van der Waals surface area contributed by atoms with E-state index in [0.717, 1.165) is 25.3 Å². The van der Waals surface area contributed by atoms with Gasteiger partial charge in [-0.15, -0.1) is 12.4 Å². The molecule has 1 aliphatic heterocycles. The Morgan fingerprint density at radius 1 is 1.53 bits per heavy atom. The molecular formula is C13H22ClN3. The van der Waals surface area contributed by atoms with E-state index in [1.807, 2.05) is 12.3 Å². The van der Waals surface area contributed by atoms with E-state index in [2.05, 4.69) is 35.9 Å². The van der Waals surface area contributed by atoms with E-state index < -0.39 is 0 Å². The van der Waals surface area contributed by atoms with Crippen LogP contribution in [0.3, 0.4) is 0 Å². The summed E-state index contributed by atoms with van der Waals surface area (Å²) in [5.74, 6) is 0. The first kappa shape index (κ1) is 14.4. The maximum Gasteiger partial charge on any atom is 0.0572 e. The average molecular weight is 256 g/mol. The third-order valence-electron chi connectivity index (χ3n) is 3.74. The molecule has 3 nitrogen and oxygen atoms in total. The van der Waals surface area contributed by atoms with Crippen molar-refractivity contribution in [3.05, 3.63) is 30.1 Å². The van der Waals surface area contributed by atoms with Crippen LogP contribution in [0.25, 0.3) is 0 Å². The van der Waals surface area contributed by atoms with E-state index in [1.54, 1.807) is 0 Å². The summed E-state index contributed by atoms with van der Waals surface area (Å²) in [4.78, 5) is 6.91. The molecule has 1 aromatic rings. The predicted molar refractivity (Wildman–Crippen MR) is 73.3 cm³/mol. The van der Waals surface area contributed by atoms with E-state index >= 15 is 0 Å². The fourth-order valence-corrected chi connectivity index (χ4v) is 2.37. The molecule has 2 atom stereocenters. The molecule has 1 saturated heterocycles. The number of pyridine rings is 1. The standard InChI is InChI=1S/C13H21N3.ClH/c1-11(12-5-3-4-7-15-12)16-8-6-13(2,9-14)10-16;/h3-5,7,11H,6,8-10,14H2,1-2H3;1H. The van der Waals surface area contributed by atoms with Crippen LogP contribution in [0.1, 0.15) is 32.0 Å². The van der Waals surface area contributed by atoms with Crippen LogP contribution in [0, 0.1) is 5.41 Å². The first-order chi connectivity index (χ1) is 7.64. The van der Waals surface area contributed by atoms with Crippen molar-refractivity contribution in [1.82, 2.24) is 9.88 Å². The van der Waals surface area contributed by atoms with Crippen LogP contribution >= 0.6 is 12.4 Å². The minimum Gasteiger partial charge on any atom is -0.330 e. The van der Waals surface area contributed by atoms with Gasteiger partial charge in [0.05, 0.1) is 5.69 Å². The second-order valence-electron chi connectivity index (χ2n) is 5.17. The zero-order valence-electron chi connectivity index (χ0n) is 10.6. The molecule has 2 heterocycles. The highest BCUT2D eigenvalue weighted by molar-refractivity contribution is 5.85. The lowest BCUT2D eigenvalue weighted by Gasteiger charge is -2.26. The van der Waals surface area contributed by atoms with Gasteiger partial charge in [0.15, 0.2) is 0 Å². The zero-order valence-corrected chi connectivity index (χ0v) is 11.4. The fraction of sp³-hybridized carbons (Fsp3) is 0.615. The topological polar surface area (TPSA) is 42.2 Å². The van der Waals surface area contributed by atoms with E-state index in [9.17, 15) is 0 Å². The fourth-order valence-electron chi connectivity index (χ4n) is 2.37. The number of nitrogens with zero attached hydrogens (tertiary/aromatic N) is 2. The van der Waals surface area contributed by atoms with Crippen LogP contribution in [-0.2, 0) is 0 Å². The van der Waals surface area contributed by atoms with Crippen molar-refractivity contribution in [3.8, 4) is 0 Å². The molecule has 0 aliphatic carbocycles. The zero-order chi connectivity index (χ0) is 11.6. The van der Waals surface area contributed by atoms with Crippen LogP contribution < -0.4 is 5.73 Å². The van der Waals surface area contributed by atoms with Crippen molar-refractivity contribution in [3.63, 3.8) is 0 Å². The lowest BCUT2D eigenvalue weighted by Crippen LogP contribution is -2.32. The summed E-state index contributed by atoms with van der Waals surface area (Å²) < 4.78 is 0. The third-order valence-corrected chi connectivity index (χ3v) is 3.74. The number of aromatic nitrogens is 1. The highest BCUT2D eigenvalue weighted by Gasteiger charge is 2.35. The number of hydrogen-bond donors (Lipinski definition) is 1. The minimum absolute atomic E-state index is 0. The van der Waals surface area contributed by atoms with Gasteiger partial charge >= 0.3 is 0 Å². The highest BCUT2D eigenvalue weighted by Crippen LogP contribution is 2.33. The van der Waals surface area contributed by atoms with Crippen molar-refractivity contribution < 1.29 is 0 Å². The van der Waals surface area contributed by atoms with E-state index in [-0.39, 0.29) is 12.4 Å². The second-order valence-corrected chi connectivity index (χ2v) is 5.17. The van der Waals surface area contributed by atoms with Gasteiger partial charge in [-0.25, -0.2) is 0 Å². The van der Waals surface area contributed by atoms with Crippen LogP contribution in [0.4, 0.5) is 0 Å². The van der Waals surface area contributed by atoms with E-state index in [1.165, 1.54) is 6.42 Å². The first-order valence-electron chi connectivity index (χ1n) is 6.00. The van der Waals surface area contributed by atoms with Crippen LogP contribution in [0.15, 0.2) is 24.4 Å². The average Bonchev–Trinajstić information content (AvgIpc) is 2.73. The number of nitrogens with two attached hydrogens (primary N) is 1. The highest BCUT2D eigenvalue weighted by atomic mass is 35.5. The molecule has 2 N–H and O–H groups in total. The summed E-state index contributed by atoms with van der Waals surface area (Å²) in [6, 6.07) is 6.51. The Hall–Kier alpha value is -0.640. The van der Waals surface area contributed by atoms with Gasteiger partial charge in [0.2, 0.25) is 0 Å². The number of rotatable bonds is 3. The van der Waals surface area contributed by atoms with Gasteiger partial charge in [-0.2, -0.15) is 0 Å². The maximum absolute atomic E-state index is 5.83. The van der Waals surface area contributed by atoms with Crippen molar-refractivity contribution in [2.24, 2.45) is 11.1 Å². The van der Waals surface area contributed by atoms with Gasteiger partial charge in [0.25, 0.3) is 0 Å². The van der Waals surface area contributed by atoms with Crippen molar-refractivity contribution >= 4 is 12.4 Å². The van der Waals surface area contributed by atoms with E-state index in [4.69, 9.17) is 5.73 Å². The summed E-state index contributed by atoms with van der Waals surface area (Å²) in [6.07, 6.45) is 3.06. The van der Waals surface area contributed by atoms with Crippen LogP contribution in [0.2, 0.25) is 0 Å². The molecular weight excluding hydrogens is 234 g/mol. The molecule has 0 amide bonds. The van der Waals surface area contributed by atoms with Gasteiger partial charge in [-0.1, -0.05) is 13.0 Å². The Balaban J connectivity index is 0.00000144. The van der Waals surface area contributed by atoms with Crippen LogP contribution in [-0.4, -0.2) is 29.5 Å². The molecule has 0 spiro atoms. The lowest BCUT2D eigenvalue weighted by molar-refractivity contribution is 0.224. The first-order valence-corrected chi connectivity index (χ1v) is 6.00. The molecule has 0 radical (unpaired) electrons. The SMILES string of the molecule is CC(c1ccccn1)N1CCC(C)(CN)C1.Cl. The van der Waals surface area contributed by atoms with E-state index in [0.29, 0.717) is 11.5 Å².